The molecule has 0 atom stereocenters. The number of nitro groups is 1. The molecule has 98 valence electrons. The molecule has 0 aliphatic carbocycles. The average molecular weight is 267 g/mol. The first-order valence-corrected chi connectivity index (χ1v) is 5.57. The van der Waals surface area contributed by atoms with E-state index >= 15 is 0 Å². The molecule has 2 N–H and O–H groups in total. The minimum Gasteiger partial charge on any atom is -0.392 e. The Balaban J connectivity index is 2.44. The van der Waals surface area contributed by atoms with Crippen LogP contribution in [0.1, 0.15) is 5.56 Å². The Morgan fingerprint density at radius 2 is 1.85 bits per heavy atom. The highest BCUT2D eigenvalue weighted by Crippen LogP contribution is 2.33. The second kappa shape index (κ2) is 5.58. The van der Waals surface area contributed by atoms with Gasteiger partial charge in [0.2, 0.25) is 0 Å². The molecule has 0 aromatic heterocycles. The van der Waals surface area contributed by atoms with Gasteiger partial charge in [0.05, 0.1) is 10.6 Å². The maximum absolute atomic E-state index is 10.7. The molecule has 0 heterocycles. The van der Waals surface area contributed by atoms with Crippen molar-refractivity contribution in [2.24, 2.45) is 10.2 Å². The van der Waals surface area contributed by atoms with Crippen LogP contribution in [0.25, 0.3) is 0 Å². The van der Waals surface area contributed by atoms with Gasteiger partial charge < -0.3 is 5.73 Å². The Bertz CT molecular complexity index is 720. The van der Waals surface area contributed by atoms with E-state index in [-0.39, 0.29) is 22.6 Å². The quantitative estimate of drug-likeness (QED) is 0.396. The van der Waals surface area contributed by atoms with Crippen molar-refractivity contribution in [1.29, 1.82) is 5.26 Å². The summed E-state index contributed by atoms with van der Waals surface area (Å²) in [4.78, 5) is 10.1. The minimum absolute atomic E-state index is 0.0566. The van der Waals surface area contributed by atoms with E-state index in [1.807, 2.05) is 12.1 Å². The molecule has 20 heavy (non-hydrogen) atoms. The number of azo groups is 1. The van der Waals surface area contributed by atoms with E-state index in [1.165, 1.54) is 12.1 Å². The van der Waals surface area contributed by atoms with Crippen LogP contribution < -0.4 is 5.73 Å². The van der Waals surface area contributed by atoms with Crippen molar-refractivity contribution in [2.45, 2.75) is 0 Å². The largest absolute Gasteiger partial charge is 0.392 e. The molecule has 7 heteroatoms. The Morgan fingerprint density at radius 3 is 2.45 bits per heavy atom. The molecule has 0 radical (unpaired) electrons. The fourth-order valence-corrected chi connectivity index (χ4v) is 1.56. The van der Waals surface area contributed by atoms with E-state index in [4.69, 9.17) is 11.0 Å². The topological polar surface area (TPSA) is 118 Å². The van der Waals surface area contributed by atoms with Crippen LogP contribution in [-0.2, 0) is 0 Å². The van der Waals surface area contributed by atoms with Crippen molar-refractivity contribution in [3.05, 3.63) is 58.1 Å². The molecule has 0 amide bonds. The SMILES string of the molecule is N#Cc1c(N=Nc2ccccc2)ccc([N+](=O)[O-])c1N. The number of nitrogens with two attached hydrogens (primary N) is 1. The Labute approximate surface area is 114 Å². The molecule has 0 spiro atoms. The van der Waals surface area contributed by atoms with Gasteiger partial charge in [-0.1, -0.05) is 18.2 Å². The third-order valence-corrected chi connectivity index (χ3v) is 2.54. The van der Waals surface area contributed by atoms with Crippen LogP contribution in [0.3, 0.4) is 0 Å². The average Bonchev–Trinajstić information content (AvgIpc) is 2.45. The van der Waals surface area contributed by atoms with Crippen LogP contribution in [-0.4, -0.2) is 4.92 Å². The van der Waals surface area contributed by atoms with Crippen molar-refractivity contribution in [3.63, 3.8) is 0 Å². The second-order valence-electron chi connectivity index (χ2n) is 3.80. The molecule has 0 fully saturated rings. The molecule has 2 aromatic carbocycles. The molecule has 0 aliphatic heterocycles. The van der Waals surface area contributed by atoms with E-state index < -0.39 is 4.92 Å². The van der Waals surface area contributed by atoms with Gasteiger partial charge in [-0.25, -0.2) is 0 Å². The first-order valence-electron chi connectivity index (χ1n) is 5.57. The number of hydrogen-bond acceptors (Lipinski definition) is 6. The molecule has 0 aliphatic rings. The summed E-state index contributed by atoms with van der Waals surface area (Å²) in [5.74, 6) is 0. The van der Waals surface area contributed by atoms with Crippen LogP contribution in [0.5, 0.6) is 0 Å². The smallest absolute Gasteiger partial charge is 0.293 e. The predicted molar refractivity (Wildman–Crippen MR) is 72.8 cm³/mol. The van der Waals surface area contributed by atoms with E-state index in [2.05, 4.69) is 10.2 Å². The van der Waals surface area contributed by atoms with Crippen molar-refractivity contribution in [3.8, 4) is 6.07 Å². The zero-order valence-corrected chi connectivity index (χ0v) is 10.2. The lowest BCUT2D eigenvalue weighted by atomic mass is 10.1. The van der Waals surface area contributed by atoms with Gasteiger partial charge in [-0.05, 0) is 18.2 Å². The Hall–Kier alpha value is -3.27. The number of benzene rings is 2. The number of hydrogen-bond donors (Lipinski definition) is 1. The van der Waals surface area contributed by atoms with Gasteiger partial charge in [0.25, 0.3) is 5.69 Å². The summed E-state index contributed by atoms with van der Waals surface area (Å²) in [6.07, 6.45) is 0. The van der Waals surface area contributed by atoms with Gasteiger partial charge in [0.1, 0.15) is 23.0 Å². The summed E-state index contributed by atoms with van der Waals surface area (Å²) in [5.41, 5.74) is 5.82. The highest BCUT2D eigenvalue weighted by atomic mass is 16.6. The van der Waals surface area contributed by atoms with Crippen LogP contribution in [0.15, 0.2) is 52.7 Å². The minimum atomic E-state index is -0.645. The zero-order valence-electron chi connectivity index (χ0n) is 10.2. The van der Waals surface area contributed by atoms with Crippen LogP contribution in [0.2, 0.25) is 0 Å². The first kappa shape index (κ1) is 13.2. The number of nitrogens with zero attached hydrogens (tertiary/aromatic N) is 4. The third kappa shape index (κ3) is 2.59. The first-order chi connectivity index (χ1) is 9.63. The molecule has 0 unspecified atom stereocenters. The Morgan fingerprint density at radius 1 is 1.15 bits per heavy atom. The normalized spacial score (nSPS) is 10.3. The molecule has 2 rings (SSSR count). The van der Waals surface area contributed by atoms with Crippen LogP contribution in [0, 0.1) is 21.4 Å². The highest BCUT2D eigenvalue weighted by molar-refractivity contribution is 5.75. The third-order valence-electron chi connectivity index (χ3n) is 2.54. The summed E-state index contributed by atoms with van der Waals surface area (Å²) in [6.45, 7) is 0. The van der Waals surface area contributed by atoms with Crippen molar-refractivity contribution >= 4 is 22.7 Å². The van der Waals surface area contributed by atoms with Gasteiger partial charge in [-0.2, -0.15) is 10.4 Å². The molecule has 0 saturated heterocycles. The Kier molecular flexibility index (Phi) is 3.67. The fourth-order valence-electron chi connectivity index (χ4n) is 1.56. The van der Waals surface area contributed by atoms with E-state index in [0.717, 1.165) is 0 Å². The second-order valence-corrected chi connectivity index (χ2v) is 3.80. The molecule has 0 saturated carbocycles. The lowest BCUT2D eigenvalue weighted by molar-refractivity contribution is -0.383. The van der Waals surface area contributed by atoms with Crippen LogP contribution in [0.4, 0.5) is 22.7 Å². The fraction of sp³-hybridized carbons (Fsp3) is 0. The van der Waals surface area contributed by atoms with Gasteiger partial charge >= 0.3 is 0 Å². The van der Waals surface area contributed by atoms with E-state index in [1.54, 1.807) is 24.3 Å². The van der Waals surface area contributed by atoms with Crippen LogP contribution >= 0.6 is 0 Å². The standard InChI is InChI=1S/C13H9N5O2/c14-8-10-11(6-7-12(13(10)15)18(19)20)17-16-9-4-2-1-3-5-9/h1-7H,15H2. The van der Waals surface area contributed by atoms with Gasteiger partial charge in [0.15, 0.2) is 0 Å². The molecular formula is C13H9N5O2. The van der Waals surface area contributed by atoms with E-state index in [0.29, 0.717) is 5.69 Å². The lowest BCUT2D eigenvalue weighted by Crippen LogP contribution is -1.98. The van der Waals surface area contributed by atoms with E-state index in [9.17, 15) is 10.1 Å². The molecule has 7 nitrogen and oxygen atoms in total. The molecular weight excluding hydrogens is 258 g/mol. The maximum atomic E-state index is 10.7. The summed E-state index contributed by atoms with van der Waals surface area (Å²) < 4.78 is 0. The summed E-state index contributed by atoms with van der Waals surface area (Å²) in [7, 11) is 0. The zero-order chi connectivity index (χ0) is 14.5. The van der Waals surface area contributed by atoms with Crippen molar-refractivity contribution in [2.75, 3.05) is 5.73 Å². The number of nitrogen functional groups attached to an aromatic ring is 1. The summed E-state index contributed by atoms with van der Waals surface area (Å²) in [5, 5.41) is 27.6. The predicted octanol–water partition coefficient (Wildman–Crippen LogP) is 3.46. The molecule has 2 aromatic rings. The maximum Gasteiger partial charge on any atom is 0.293 e. The summed E-state index contributed by atoms with van der Waals surface area (Å²) in [6, 6.07) is 13.3. The van der Waals surface area contributed by atoms with Crippen molar-refractivity contribution in [1.82, 2.24) is 0 Å². The highest BCUT2D eigenvalue weighted by Gasteiger charge is 2.18. The van der Waals surface area contributed by atoms with Gasteiger partial charge in [-0.3, -0.25) is 10.1 Å². The van der Waals surface area contributed by atoms with Gasteiger partial charge in [-0.15, -0.1) is 5.11 Å². The number of rotatable bonds is 3. The monoisotopic (exact) mass is 267 g/mol. The number of anilines is 1. The summed E-state index contributed by atoms with van der Waals surface area (Å²) >= 11 is 0. The van der Waals surface area contributed by atoms with Gasteiger partial charge in [0, 0.05) is 6.07 Å². The number of nitriles is 1. The lowest BCUT2D eigenvalue weighted by Gasteiger charge is -2.01. The van der Waals surface area contributed by atoms with Crippen molar-refractivity contribution < 1.29 is 4.92 Å². The number of nitro benzene ring substituents is 1. The molecule has 0 bridgehead atoms.